The average molecular weight is 297 g/mol. The molecule has 0 aromatic carbocycles. The summed E-state index contributed by atoms with van der Waals surface area (Å²) in [6.45, 7) is 7.13. The number of hydrogen-bond donors (Lipinski definition) is 1. The van der Waals surface area contributed by atoms with Gasteiger partial charge in [0.25, 0.3) is 0 Å². The lowest BCUT2D eigenvalue weighted by molar-refractivity contribution is 0.484. The fourth-order valence-electron chi connectivity index (χ4n) is 2.94. The minimum absolute atomic E-state index is 0.0176. The first-order valence-electron chi connectivity index (χ1n) is 7.30. The predicted molar refractivity (Wildman–Crippen MR) is 78.5 cm³/mol. The first-order valence-corrected chi connectivity index (χ1v) is 9.12. The molecule has 1 aliphatic carbocycles. The maximum absolute atomic E-state index is 11.6. The molecular weight excluding hydrogens is 274 g/mol. The van der Waals surface area contributed by atoms with Crippen LogP contribution in [-0.2, 0) is 16.4 Å². The van der Waals surface area contributed by atoms with Crippen molar-refractivity contribution < 1.29 is 8.42 Å². The van der Waals surface area contributed by atoms with Crippen molar-refractivity contribution in [3.63, 3.8) is 0 Å². The van der Waals surface area contributed by atoms with Gasteiger partial charge in [0, 0.05) is 23.3 Å². The molecule has 1 unspecified atom stereocenters. The molecule has 1 N–H and O–H groups in total. The standard InChI is InChI=1S/C14H23N3O2S/c1-10-13(8-15-14(3)5-6-14)11(2)17(16-10)12-4-7-20(18,19)9-12/h12,15H,4-9H2,1-3H3. The van der Waals surface area contributed by atoms with Gasteiger partial charge in [0.2, 0.25) is 0 Å². The monoisotopic (exact) mass is 297 g/mol. The summed E-state index contributed by atoms with van der Waals surface area (Å²) in [5.41, 5.74) is 3.66. The lowest BCUT2D eigenvalue weighted by Gasteiger charge is -2.13. The summed E-state index contributed by atoms with van der Waals surface area (Å²) in [4.78, 5) is 0. The molecule has 0 radical (unpaired) electrons. The Morgan fingerprint density at radius 2 is 2.10 bits per heavy atom. The van der Waals surface area contributed by atoms with Crippen molar-refractivity contribution in [2.24, 2.45) is 0 Å². The summed E-state index contributed by atoms with van der Waals surface area (Å²) >= 11 is 0. The van der Waals surface area contributed by atoms with E-state index >= 15 is 0 Å². The third kappa shape index (κ3) is 2.63. The van der Waals surface area contributed by atoms with Crippen LogP contribution in [-0.4, -0.2) is 35.2 Å². The molecule has 112 valence electrons. The van der Waals surface area contributed by atoms with Gasteiger partial charge in [-0.1, -0.05) is 0 Å². The Labute approximate surface area is 120 Å². The zero-order chi connectivity index (χ0) is 14.5. The zero-order valence-corrected chi connectivity index (χ0v) is 13.3. The van der Waals surface area contributed by atoms with Gasteiger partial charge < -0.3 is 5.32 Å². The predicted octanol–water partition coefficient (Wildman–Crippen LogP) is 1.50. The molecule has 0 spiro atoms. The molecular formula is C14H23N3O2S. The van der Waals surface area contributed by atoms with Crippen LogP contribution in [0.2, 0.25) is 0 Å². The van der Waals surface area contributed by atoms with Gasteiger partial charge in [-0.2, -0.15) is 5.10 Å². The fourth-order valence-corrected chi connectivity index (χ4v) is 4.63. The summed E-state index contributed by atoms with van der Waals surface area (Å²) in [7, 11) is -2.87. The first kappa shape index (κ1) is 14.1. The van der Waals surface area contributed by atoms with Crippen LogP contribution in [0.15, 0.2) is 0 Å². The van der Waals surface area contributed by atoms with E-state index in [2.05, 4.69) is 24.3 Å². The van der Waals surface area contributed by atoms with E-state index in [-0.39, 0.29) is 11.8 Å². The van der Waals surface area contributed by atoms with Crippen molar-refractivity contribution in [3.8, 4) is 0 Å². The average Bonchev–Trinajstić information content (AvgIpc) is 2.88. The minimum atomic E-state index is -2.87. The third-order valence-electron chi connectivity index (χ3n) is 4.72. The van der Waals surface area contributed by atoms with Gasteiger partial charge in [0.05, 0.1) is 23.2 Å². The van der Waals surface area contributed by atoms with Gasteiger partial charge in [-0.15, -0.1) is 0 Å². The summed E-state index contributed by atoms with van der Waals surface area (Å²) in [6, 6.07) is 0.0176. The van der Waals surface area contributed by atoms with Crippen molar-refractivity contribution in [2.75, 3.05) is 11.5 Å². The number of aromatic nitrogens is 2. The summed E-state index contributed by atoms with van der Waals surface area (Å²) in [5.74, 6) is 0.529. The van der Waals surface area contributed by atoms with E-state index < -0.39 is 9.84 Å². The Morgan fingerprint density at radius 1 is 1.40 bits per heavy atom. The number of aryl methyl sites for hydroxylation is 1. The van der Waals surface area contributed by atoms with Gasteiger partial charge in [-0.25, -0.2) is 8.42 Å². The Balaban J connectivity index is 1.79. The van der Waals surface area contributed by atoms with Gasteiger partial charge in [0.15, 0.2) is 9.84 Å². The van der Waals surface area contributed by atoms with Gasteiger partial charge >= 0.3 is 0 Å². The number of hydrogen-bond acceptors (Lipinski definition) is 4. The molecule has 2 aliphatic rings. The zero-order valence-electron chi connectivity index (χ0n) is 12.4. The summed E-state index contributed by atoms with van der Waals surface area (Å²) < 4.78 is 25.2. The highest BCUT2D eigenvalue weighted by atomic mass is 32.2. The number of sulfone groups is 1. The molecule has 6 heteroatoms. The quantitative estimate of drug-likeness (QED) is 0.915. The molecule has 2 heterocycles. The fraction of sp³-hybridized carbons (Fsp3) is 0.786. The van der Waals surface area contributed by atoms with E-state index in [4.69, 9.17) is 0 Å². The Morgan fingerprint density at radius 3 is 2.65 bits per heavy atom. The van der Waals surface area contributed by atoms with Crippen molar-refractivity contribution in [3.05, 3.63) is 17.0 Å². The Hall–Kier alpha value is -0.880. The lowest BCUT2D eigenvalue weighted by atomic mass is 10.1. The van der Waals surface area contributed by atoms with Crippen LogP contribution in [0.3, 0.4) is 0 Å². The van der Waals surface area contributed by atoms with Crippen LogP contribution < -0.4 is 5.32 Å². The molecule has 0 amide bonds. The molecule has 1 saturated carbocycles. The number of nitrogens with zero attached hydrogens (tertiary/aromatic N) is 2. The summed E-state index contributed by atoms with van der Waals surface area (Å²) in [5, 5.41) is 8.17. The number of rotatable bonds is 4. The normalized spacial score (nSPS) is 26.9. The highest BCUT2D eigenvalue weighted by molar-refractivity contribution is 7.91. The van der Waals surface area contributed by atoms with Crippen LogP contribution in [0.5, 0.6) is 0 Å². The van der Waals surface area contributed by atoms with E-state index in [0.29, 0.717) is 17.7 Å². The van der Waals surface area contributed by atoms with Crippen LogP contribution in [0.4, 0.5) is 0 Å². The topological polar surface area (TPSA) is 64.0 Å². The first-order chi connectivity index (χ1) is 9.30. The van der Waals surface area contributed by atoms with Gasteiger partial charge in [-0.3, -0.25) is 4.68 Å². The molecule has 1 aromatic rings. The van der Waals surface area contributed by atoms with Crippen molar-refractivity contribution in [1.82, 2.24) is 15.1 Å². The molecule has 1 aromatic heterocycles. The SMILES string of the molecule is Cc1nn(C2CCS(=O)(=O)C2)c(C)c1CNC1(C)CC1. The highest BCUT2D eigenvalue weighted by Gasteiger charge is 2.37. The van der Waals surface area contributed by atoms with Crippen LogP contribution >= 0.6 is 0 Å². The third-order valence-corrected chi connectivity index (χ3v) is 6.47. The van der Waals surface area contributed by atoms with E-state index in [1.54, 1.807) is 0 Å². The summed E-state index contributed by atoms with van der Waals surface area (Å²) in [6.07, 6.45) is 3.16. The van der Waals surface area contributed by atoms with Crippen molar-refractivity contribution >= 4 is 9.84 Å². The Bertz CT molecular complexity index is 629. The maximum Gasteiger partial charge on any atom is 0.152 e. The molecule has 2 fully saturated rings. The highest BCUT2D eigenvalue weighted by Crippen LogP contribution is 2.35. The molecule has 3 rings (SSSR count). The van der Waals surface area contributed by atoms with Crippen molar-refractivity contribution in [1.29, 1.82) is 0 Å². The lowest BCUT2D eigenvalue weighted by Crippen LogP contribution is -2.27. The second-order valence-corrected chi connectivity index (χ2v) is 8.79. The smallest absolute Gasteiger partial charge is 0.152 e. The molecule has 1 aliphatic heterocycles. The maximum atomic E-state index is 11.6. The molecule has 1 saturated heterocycles. The van der Waals surface area contributed by atoms with Crippen LogP contribution in [0.25, 0.3) is 0 Å². The minimum Gasteiger partial charge on any atom is -0.307 e. The molecule has 20 heavy (non-hydrogen) atoms. The van der Waals surface area contributed by atoms with E-state index in [1.165, 1.54) is 18.4 Å². The second-order valence-electron chi connectivity index (χ2n) is 6.57. The molecule has 1 atom stereocenters. The number of nitrogens with one attached hydrogen (secondary N) is 1. The van der Waals surface area contributed by atoms with E-state index in [0.717, 1.165) is 17.9 Å². The van der Waals surface area contributed by atoms with Crippen LogP contribution in [0, 0.1) is 13.8 Å². The van der Waals surface area contributed by atoms with Gasteiger partial charge in [-0.05, 0) is 40.0 Å². The molecule has 0 bridgehead atoms. The molecule has 5 nitrogen and oxygen atoms in total. The van der Waals surface area contributed by atoms with E-state index in [9.17, 15) is 8.42 Å². The second kappa shape index (κ2) is 4.56. The van der Waals surface area contributed by atoms with E-state index in [1.807, 2.05) is 11.6 Å². The van der Waals surface area contributed by atoms with Crippen LogP contribution in [0.1, 0.15) is 49.2 Å². The Kier molecular flexibility index (Phi) is 3.21. The van der Waals surface area contributed by atoms with Crippen molar-refractivity contribution in [2.45, 2.75) is 58.2 Å². The largest absolute Gasteiger partial charge is 0.307 e. The van der Waals surface area contributed by atoms with Gasteiger partial charge in [0.1, 0.15) is 0 Å².